The van der Waals surface area contributed by atoms with Gasteiger partial charge in [0.1, 0.15) is 23.7 Å². The molecule has 2 aromatic carbocycles. The molecule has 1 saturated heterocycles. The number of aromatic amines is 2. The van der Waals surface area contributed by atoms with E-state index in [0.717, 1.165) is 81.4 Å². The average molecular weight is 829 g/mol. The summed E-state index contributed by atoms with van der Waals surface area (Å²) in [6, 6.07) is 9.15. The van der Waals surface area contributed by atoms with E-state index in [1.54, 1.807) is 4.90 Å². The van der Waals surface area contributed by atoms with Crippen LogP contribution in [0.3, 0.4) is 0 Å². The van der Waals surface area contributed by atoms with E-state index >= 15 is 0 Å². The van der Waals surface area contributed by atoms with E-state index in [1.165, 1.54) is 14.2 Å². The molecule has 14 nitrogen and oxygen atoms in total. The Morgan fingerprint density at radius 2 is 1.69 bits per heavy atom. The van der Waals surface area contributed by atoms with Crippen LogP contribution in [0.1, 0.15) is 101 Å². The Labute approximate surface area is 355 Å². The minimum Gasteiger partial charge on any atom is -0.453 e. The van der Waals surface area contributed by atoms with Gasteiger partial charge in [-0.25, -0.2) is 19.6 Å². The second-order valence-corrected chi connectivity index (χ2v) is 17.4. The van der Waals surface area contributed by atoms with Crippen LogP contribution in [0.15, 0.2) is 66.3 Å². The van der Waals surface area contributed by atoms with Crippen molar-refractivity contribution in [3.8, 4) is 0 Å². The maximum atomic E-state index is 14.1. The zero-order valence-corrected chi connectivity index (χ0v) is 36.0. The molecular formula is C47H56N8O6. The third-order valence-electron chi connectivity index (χ3n) is 12.7. The number of hydrogen-bond acceptors (Lipinski definition) is 8. The molecule has 4 amide bonds. The van der Waals surface area contributed by atoms with Crippen molar-refractivity contribution >= 4 is 57.5 Å². The third kappa shape index (κ3) is 7.95. The van der Waals surface area contributed by atoms with Crippen LogP contribution in [0, 0.1) is 17.8 Å². The van der Waals surface area contributed by atoms with Gasteiger partial charge in [0, 0.05) is 23.9 Å². The summed E-state index contributed by atoms with van der Waals surface area (Å²) in [5, 5.41) is 7.57. The number of rotatable bonds is 12. The van der Waals surface area contributed by atoms with Gasteiger partial charge >= 0.3 is 12.2 Å². The molecule has 2 bridgehead atoms. The molecule has 320 valence electrons. The van der Waals surface area contributed by atoms with Gasteiger partial charge in [-0.05, 0) is 83.7 Å². The summed E-state index contributed by atoms with van der Waals surface area (Å²) in [6.07, 6.45) is 15.1. The maximum Gasteiger partial charge on any atom is 0.407 e. The first-order valence-electron chi connectivity index (χ1n) is 21.5. The molecule has 2 unspecified atom stereocenters. The molecule has 6 atom stereocenters. The van der Waals surface area contributed by atoms with Gasteiger partial charge in [0.2, 0.25) is 11.8 Å². The molecular weight excluding hydrogens is 773 g/mol. The first kappa shape index (κ1) is 41.5. The predicted octanol–water partition coefficient (Wildman–Crippen LogP) is 7.68. The number of piperidine rings is 1. The van der Waals surface area contributed by atoms with Crippen molar-refractivity contribution in [3.63, 3.8) is 0 Å². The first-order chi connectivity index (χ1) is 29.4. The molecule has 0 spiro atoms. The number of allylic oxidation sites excluding steroid dienone is 7. The SMILES string of the molecule is CCCN(Cc1nc2c([nH]1)C1C=CC=C(c3ccc4c(ccc5[nH]c(C6[C@H]7CC[C@H](C7)N6C(=O)[C@@H](NC(=O)OC)C(C)C)nc54)c3)C=C1C=C2)C(=O)[C@@H](NC(=O)OC)C(C)C. The number of carbonyl (C=O) groups is 4. The second-order valence-electron chi connectivity index (χ2n) is 17.4. The van der Waals surface area contributed by atoms with Crippen LogP contribution in [0.4, 0.5) is 9.59 Å². The van der Waals surface area contributed by atoms with Crippen LogP contribution in [0.25, 0.3) is 33.5 Å². The number of amides is 4. The Hall–Kier alpha value is -6.18. The molecule has 14 heteroatoms. The predicted molar refractivity (Wildman–Crippen MR) is 234 cm³/mol. The quantitative estimate of drug-likeness (QED) is 0.113. The topological polar surface area (TPSA) is 175 Å². The number of methoxy groups -OCH3 is 2. The number of H-pyrrole nitrogens is 2. The van der Waals surface area contributed by atoms with E-state index in [9.17, 15) is 19.2 Å². The Morgan fingerprint density at radius 3 is 2.41 bits per heavy atom. The van der Waals surface area contributed by atoms with Crippen molar-refractivity contribution in [2.75, 3.05) is 20.8 Å². The maximum absolute atomic E-state index is 14.1. The molecule has 4 N–H and O–H groups in total. The molecule has 8 rings (SSSR count). The van der Waals surface area contributed by atoms with Crippen LogP contribution in [-0.4, -0.2) is 92.6 Å². The summed E-state index contributed by atoms with van der Waals surface area (Å²) in [6.45, 7) is 10.5. The van der Waals surface area contributed by atoms with E-state index in [-0.39, 0.29) is 48.2 Å². The molecule has 4 aliphatic rings. The fourth-order valence-electron chi connectivity index (χ4n) is 9.63. The minimum atomic E-state index is -0.720. The van der Waals surface area contributed by atoms with E-state index in [1.807, 2.05) is 45.6 Å². The number of alkyl carbamates (subject to hydrolysis) is 2. The largest absolute Gasteiger partial charge is 0.453 e. The molecule has 2 aromatic heterocycles. The lowest BCUT2D eigenvalue weighted by Crippen LogP contribution is -2.54. The number of nitrogens with one attached hydrogen (secondary N) is 4. The lowest BCUT2D eigenvalue weighted by Gasteiger charge is -2.37. The molecule has 0 radical (unpaired) electrons. The van der Waals surface area contributed by atoms with E-state index in [2.05, 4.69) is 81.3 Å². The molecule has 1 aliphatic heterocycles. The Morgan fingerprint density at radius 1 is 0.934 bits per heavy atom. The third-order valence-corrected chi connectivity index (χ3v) is 12.7. The van der Waals surface area contributed by atoms with Crippen LogP contribution in [0.2, 0.25) is 0 Å². The van der Waals surface area contributed by atoms with Gasteiger partial charge in [-0.3, -0.25) is 9.59 Å². The smallest absolute Gasteiger partial charge is 0.407 e. The van der Waals surface area contributed by atoms with E-state index in [0.29, 0.717) is 18.3 Å². The minimum absolute atomic E-state index is 0.0540. The summed E-state index contributed by atoms with van der Waals surface area (Å²) in [4.78, 5) is 73.0. The normalized spacial score (nSPS) is 21.2. The summed E-state index contributed by atoms with van der Waals surface area (Å²) in [7, 11) is 2.60. The van der Waals surface area contributed by atoms with Crippen LogP contribution >= 0.6 is 0 Å². The van der Waals surface area contributed by atoms with Gasteiger partial charge in [0.05, 0.1) is 49.2 Å². The number of fused-ring (bicyclic) bond motifs is 8. The zero-order valence-electron chi connectivity index (χ0n) is 36.0. The van der Waals surface area contributed by atoms with Gasteiger partial charge in [-0.1, -0.05) is 83.2 Å². The number of nitrogens with zero attached hydrogens (tertiary/aromatic N) is 4. The number of carbonyl (C=O) groups excluding carboxylic acids is 4. The summed E-state index contributed by atoms with van der Waals surface area (Å²) < 4.78 is 9.65. The number of ether oxygens (including phenoxy) is 2. The van der Waals surface area contributed by atoms with Crippen molar-refractivity contribution in [1.29, 1.82) is 0 Å². The molecule has 3 aliphatic carbocycles. The monoisotopic (exact) mass is 828 g/mol. The van der Waals surface area contributed by atoms with E-state index < -0.39 is 24.3 Å². The Bertz CT molecular complexity index is 2490. The number of aromatic nitrogens is 4. The van der Waals surface area contributed by atoms with E-state index in [4.69, 9.17) is 19.4 Å². The number of hydrogen-bond donors (Lipinski definition) is 4. The van der Waals surface area contributed by atoms with Crippen molar-refractivity contribution < 1.29 is 28.7 Å². The van der Waals surface area contributed by atoms with Crippen LogP contribution in [-0.2, 0) is 25.6 Å². The standard InChI is InChI=1S/C47H56N8O6/c1-8-20-54(44(56)38(25(2)3)52-46(58)60-6)24-37-48-35-18-14-29-21-27(10-9-11-33(29)40(35)50-37)28-13-17-34-30(22-28)15-19-36-41(34)51-43(49-36)42-31-12-16-32(23-31)55(42)45(57)39(26(4)5)53-47(59)61-7/h9-11,13-15,17-19,21-22,25-26,31-33,38-39,42H,8,12,16,20,23-24H2,1-7H3,(H,48,50)(H,49,51)(H,52,58)(H,53,59)/t31-,32+,33?,38-,39-,42?/m0/s1. The Kier molecular flexibility index (Phi) is 11.6. The average Bonchev–Trinajstić information content (AvgIpc) is 4.05. The Balaban J connectivity index is 1.02. The molecule has 61 heavy (non-hydrogen) atoms. The van der Waals surface area contributed by atoms with Crippen LogP contribution in [0.5, 0.6) is 0 Å². The highest BCUT2D eigenvalue weighted by atomic mass is 16.5. The summed E-state index contributed by atoms with van der Waals surface area (Å²) in [5.41, 5.74) is 6.85. The number of benzene rings is 2. The van der Waals surface area contributed by atoms with Crippen molar-refractivity contribution in [2.24, 2.45) is 17.8 Å². The highest BCUT2D eigenvalue weighted by Gasteiger charge is 2.51. The number of likely N-dealkylation sites (tertiary alicyclic amines) is 1. The summed E-state index contributed by atoms with van der Waals surface area (Å²) in [5.74, 6) is 1.19. The highest BCUT2D eigenvalue weighted by Crippen LogP contribution is 2.50. The zero-order chi connectivity index (χ0) is 43.1. The van der Waals surface area contributed by atoms with Crippen molar-refractivity contribution in [1.82, 2.24) is 40.4 Å². The lowest BCUT2D eigenvalue weighted by atomic mass is 9.88. The molecule has 1 saturated carbocycles. The van der Waals surface area contributed by atoms with Crippen molar-refractivity contribution in [3.05, 3.63) is 94.9 Å². The van der Waals surface area contributed by atoms with Gasteiger partial charge < -0.3 is 39.9 Å². The van der Waals surface area contributed by atoms with Gasteiger partial charge in [0.25, 0.3) is 0 Å². The van der Waals surface area contributed by atoms with Gasteiger partial charge in [-0.2, -0.15) is 0 Å². The lowest BCUT2D eigenvalue weighted by molar-refractivity contribution is -0.139. The fourth-order valence-corrected chi connectivity index (χ4v) is 9.63. The van der Waals surface area contributed by atoms with Gasteiger partial charge in [-0.15, -0.1) is 0 Å². The first-order valence-corrected chi connectivity index (χ1v) is 21.5. The molecule has 4 aromatic rings. The number of imidazole rings is 2. The molecule has 3 heterocycles. The second kappa shape index (κ2) is 17.1. The summed E-state index contributed by atoms with van der Waals surface area (Å²) >= 11 is 0. The van der Waals surface area contributed by atoms with Crippen molar-refractivity contribution in [2.45, 2.75) is 96.9 Å². The molecule has 2 fully saturated rings. The fraction of sp³-hybridized carbons (Fsp3) is 0.447. The highest BCUT2D eigenvalue weighted by molar-refractivity contribution is 6.05. The van der Waals surface area contributed by atoms with Gasteiger partial charge in [0.15, 0.2) is 0 Å². The van der Waals surface area contributed by atoms with Crippen LogP contribution < -0.4 is 10.6 Å².